The van der Waals surface area contributed by atoms with Crippen molar-refractivity contribution in [2.75, 3.05) is 11.1 Å². The van der Waals surface area contributed by atoms with Gasteiger partial charge in [0.1, 0.15) is 5.75 Å². The number of amides is 1. The van der Waals surface area contributed by atoms with Gasteiger partial charge >= 0.3 is 0 Å². The predicted octanol–water partition coefficient (Wildman–Crippen LogP) is 5.91. The van der Waals surface area contributed by atoms with Crippen molar-refractivity contribution in [1.29, 1.82) is 0 Å². The first-order valence-electron chi connectivity index (χ1n) is 10.3. The number of hydrogen-bond acceptors (Lipinski definition) is 5. The lowest BCUT2D eigenvalue weighted by molar-refractivity contribution is -0.113. The van der Waals surface area contributed by atoms with E-state index in [9.17, 15) is 4.79 Å². The molecule has 0 radical (unpaired) electrons. The maximum atomic E-state index is 12.4. The van der Waals surface area contributed by atoms with Crippen LogP contribution in [0.2, 0.25) is 5.02 Å². The van der Waals surface area contributed by atoms with Crippen LogP contribution in [0.1, 0.15) is 35.5 Å². The van der Waals surface area contributed by atoms with Crippen molar-refractivity contribution in [2.45, 2.75) is 45.5 Å². The molecule has 32 heavy (non-hydrogen) atoms. The van der Waals surface area contributed by atoms with Crippen LogP contribution >= 0.6 is 23.4 Å². The molecule has 0 fully saturated rings. The quantitative estimate of drug-likeness (QED) is 0.311. The molecule has 6 nitrogen and oxygen atoms in total. The fraction of sp³-hybridized carbons (Fsp3) is 0.292. The molecule has 3 rings (SSSR count). The van der Waals surface area contributed by atoms with Crippen molar-refractivity contribution in [2.24, 2.45) is 0 Å². The average Bonchev–Trinajstić information content (AvgIpc) is 3.15. The summed E-state index contributed by atoms with van der Waals surface area (Å²) in [4.78, 5) is 12.4. The molecule has 1 aromatic heterocycles. The SMILES string of the molecule is C=CCn1c(SCC(=O)Nc2ccccc2C)nnc1C(C)Oc1cc(C)c(Cl)c(C)c1. The summed E-state index contributed by atoms with van der Waals surface area (Å²) >= 11 is 7.59. The Morgan fingerprint density at radius 2 is 1.91 bits per heavy atom. The van der Waals surface area contributed by atoms with Gasteiger partial charge in [-0.05, 0) is 62.6 Å². The second-order valence-electron chi connectivity index (χ2n) is 7.52. The number of benzene rings is 2. The molecular formula is C24H27ClN4O2S. The Morgan fingerprint density at radius 3 is 2.56 bits per heavy atom. The van der Waals surface area contributed by atoms with Gasteiger partial charge in [0, 0.05) is 17.3 Å². The maximum Gasteiger partial charge on any atom is 0.234 e. The molecular weight excluding hydrogens is 444 g/mol. The number of ether oxygens (including phenoxy) is 1. The third kappa shape index (κ3) is 5.72. The first kappa shape index (κ1) is 23.9. The summed E-state index contributed by atoms with van der Waals surface area (Å²) in [7, 11) is 0. The van der Waals surface area contributed by atoms with Gasteiger partial charge in [0.2, 0.25) is 5.91 Å². The third-order valence-corrected chi connectivity index (χ3v) is 6.46. The third-order valence-electron chi connectivity index (χ3n) is 4.90. The lowest BCUT2D eigenvalue weighted by atomic mass is 10.1. The Bertz CT molecular complexity index is 1110. The number of carbonyl (C=O) groups excluding carboxylic acids is 1. The van der Waals surface area contributed by atoms with Crippen LogP contribution in [0, 0.1) is 20.8 Å². The normalized spacial score (nSPS) is 11.8. The number of nitrogens with one attached hydrogen (secondary N) is 1. The van der Waals surface area contributed by atoms with E-state index in [1.165, 1.54) is 11.8 Å². The zero-order valence-corrected chi connectivity index (χ0v) is 20.3. The number of nitrogens with zero attached hydrogens (tertiary/aromatic N) is 3. The van der Waals surface area contributed by atoms with E-state index >= 15 is 0 Å². The molecule has 0 spiro atoms. The van der Waals surface area contributed by atoms with E-state index in [-0.39, 0.29) is 17.8 Å². The number of carbonyl (C=O) groups is 1. The Hall–Kier alpha value is -2.77. The van der Waals surface area contributed by atoms with Crippen LogP contribution < -0.4 is 10.1 Å². The first-order chi connectivity index (χ1) is 15.3. The van der Waals surface area contributed by atoms with Gasteiger partial charge in [-0.15, -0.1) is 16.8 Å². The van der Waals surface area contributed by atoms with E-state index < -0.39 is 0 Å². The summed E-state index contributed by atoms with van der Waals surface area (Å²) in [5, 5.41) is 12.9. The summed E-state index contributed by atoms with van der Waals surface area (Å²) in [5.41, 5.74) is 3.73. The zero-order chi connectivity index (χ0) is 23.3. The fourth-order valence-corrected chi connectivity index (χ4v) is 4.13. The van der Waals surface area contributed by atoms with Gasteiger partial charge in [-0.2, -0.15) is 0 Å². The van der Waals surface area contributed by atoms with E-state index in [0.29, 0.717) is 17.5 Å². The number of halogens is 1. The first-order valence-corrected chi connectivity index (χ1v) is 11.6. The smallest absolute Gasteiger partial charge is 0.234 e. The second kappa shape index (κ2) is 10.7. The number of hydrogen-bond donors (Lipinski definition) is 1. The summed E-state index contributed by atoms with van der Waals surface area (Å²) in [5.74, 6) is 1.50. The summed E-state index contributed by atoms with van der Waals surface area (Å²) in [6.07, 6.45) is 1.42. The van der Waals surface area contributed by atoms with Crippen LogP contribution in [0.4, 0.5) is 5.69 Å². The summed E-state index contributed by atoms with van der Waals surface area (Å²) in [6, 6.07) is 11.5. The highest BCUT2D eigenvalue weighted by Crippen LogP contribution is 2.30. The van der Waals surface area contributed by atoms with Crippen LogP contribution in [-0.2, 0) is 11.3 Å². The monoisotopic (exact) mass is 470 g/mol. The van der Waals surface area contributed by atoms with Crippen LogP contribution in [-0.4, -0.2) is 26.4 Å². The van der Waals surface area contributed by atoms with Gasteiger partial charge in [0.05, 0.1) is 5.75 Å². The van der Waals surface area contributed by atoms with Crippen molar-refractivity contribution in [3.8, 4) is 5.75 Å². The lowest BCUT2D eigenvalue weighted by Gasteiger charge is -2.17. The molecule has 1 heterocycles. The predicted molar refractivity (Wildman–Crippen MR) is 131 cm³/mol. The second-order valence-corrected chi connectivity index (χ2v) is 8.84. The van der Waals surface area contributed by atoms with Gasteiger partial charge in [0.15, 0.2) is 17.1 Å². The van der Waals surface area contributed by atoms with E-state index in [0.717, 1.165) is 33.1 Å². The molecule has 1 atom stereocenters. The van der Waals surface area contributed by atoms with Gasteiger partial charge in [0.25, 0.3) is 0 Å². The van der Waals surface area contributed by atoms with Crippen molar-refractivity contribution in [3.05, 3.63) is 76.6 Å². The minimum Gasteiger partial charge on any atom is -0.483 e. The molecule has 0 saturated heterocycles. The maximum absolute atomic E-state index is 12.4. The highest BCUT2D eigenvalue weighted by Gasteiger charge is 2.20. The molecule has 1 N–H and O–H groups in total. The zero-order valence-electron chi connectivity index (χ0n) is 18.7. The standard InChI is InChI=1S/C24H27ClN4O2S/c1-6-11-29-23(18(5)31-19-12-16(3)22(25)17(4)13-19)27-28-24(29)32-14-21(30)26-20-10-8-7-9-15(20)2/h6-10,12-13,18H,1,11,14H2,2-5H3,(H,26,30). The highest BCUT2D eigenvalue weighted by atomic mass is 35.5. The number of rotatable bonds is 9. The lowest BCUT2D eigenvalue weighted by Crippen LogP contribution is -2.16. The highest BCUT2D eigenvalue weighted by molar-refractivity contribution is 7.99. The minimum atomic E-state index is -0.349. The summed E-state index contributed by atoms with van der Waals surface area (Å²) < 4.78 is 8.05. The largest absolute Gasteiger partial charge is 0.483 e. The van der Waals surface area contributed by atoms with E-state index in [1.54, 1.807) is 6.08 Å². The molecule has 8 heteroatoms. The average molecular weight is 471 g/mol. The number of aromatic nitrogens is 3. The Kier molecular flexibility index (Phi) is 7.99. The number of thioether (sulfide) groups is 1. The molecule has 3 aromatic rings. The molecule has 0 aliphatic rings. The van der Waals surface area contributed by atoms with Crippen LogP contribution in [0.15, 0.2) is 54.2 Å². The number of para-hydroxylation sites is 1. The Balaban J connectivity index is 1.71. The molecule has 1 unspecified atom stereocenters. The van der Waals surface area contributed by atoms with Crippen molar-refractivity contribution in [1.82, 2.24) is 14.8 Å². The molecule has 2 aromatic carbocycles. The molecule has 1 amide bonds. The molecule has 0 aliphatic heterocycles. The Morgan fingerprint density at radius 1 is 1.22 bits per heavy atom. The number of anilines is 1. The molecule has 0 bridgehead atoms. The van der Waals surface area contributed by atoms with Crippen molar-refractivity contribution in [3.63, 3.8) is 0 Å². The molecule has 0 saturated carbocycles. The van der Waals surface area contributed by atoms with E-state index in [4.69, 9.17) is 16.3 Å². The van der Waals surface area contributed by atoms with Crippen molar-refractivity contribution < 1.29 is 9.53 Å². The van der Waals surface area contributed by atoms with Crippen LogP contribution in [0.25, 0.3) is 0 Å². The van der Waals surface area contributed by atoms with Crippen LogP contribution in [0.3, 0.4) is 0 Å². The minimum absolute atomic E-state index is 0.101. The molecule has 168 valence electrons. The van der Waals surface area contributed by atoms with E-state index in [1.807, 2.05) is 68.7 Å². The molecule has 0 aliphatic carbocycles. The topological polar surface area (TPSA) is 69.0 Å². The van der Waals surface area contributed by atoms with Gasteiger partial charge in [-0.3, -0.25) is 9.36 Å². The van der Waals surface area contributed by atoms with Gasteiger partial charge in [-0.25, -0.2) is 0 Å². The van der Waals surface area contributed by atoms with E-state index in [2.05, 4.69) is 22.1 Å². The van der Waals surface area contributed by atoms with Gasteiger partial charge < -0.3 is 10.1 Å². The number of allylic oxidation sites excluding steroid dienone is 1. The fourth-order valence-electron chi connectivity index (χ4n) is 3.27. The summed E-state index contributed by atoms with van der Waals surface area (Å²) in [6.45, 7) is 12.1. The van der Waals surface area contributed by atoms with Crippen molar-refractivity contribution >= 4 is 35.0 Å². The van der Waals surface area contributed by atoms with Gasteiger partial charge in [-0.1, -0.05) is 47.6 Å². The van der Waals surface area contributed by atoms with Crippen LogP contribution in [0.5, 0.6) is 5.75 Å². The number of aryl methyl sites for hydroxylation is 3. The Labute approximate surface area is 198 Å².